The molecule has 1 aromatic carbocycles. The predicted molar refractivity (Wildman–Crippen MR) is 73.2 cm³/mol. The van der Waals surface area contributed by atoms with E-state index in [0.29, 0.717) is 16.6 Å². The van der Waals surface area contributed by atoms with E-state index < -0.39 is 11.5 Å². The summed E-state index contributed by atoms with van der Waals surface area (Å²) < 4.78 is 6.55. The number of ether oxygens (including phenoxy) is 1. The Labute approximate surface area is 115 Å². The van der Waals surface area contributed by atoms with Crippen LogP contribution in [0.4, 0.5) is 0 Å². The molecule has 0 spiro atoms. The van der Waals surface area contributed by atoms with Crippen LogP contribution in [0.1, 0.15) is 26.3 Å². The van der Waals surface area contributed by atoms with Gasteiger partial charge in [-0.05, 0) is 32.0 Å². The minimum Gasteiger partial charge on any atom is -0.463 e. The van der Waals surface area contributed by atoms with Gasteiger partial charge in [0, 0.05) is 6.92 Å². The highest BCUT2D eigenvalue weighted by molar-refractivity contribution is 5.77. The van der Waals surface area contributed by atoms with Crippen molar-refractivity contribution in [1.82, 2.24) is 9.55 Å². The third-order valence-electron chi connectivity index (χ3n) is 3.05. The Morgan fingerprint density at radius 3 is 2.80 bits per heavy atom. The van der Waals surface area contributed by atoms with E-state index in [9.17, 15) is 9.59 Å². The summed E-state index contributed by atoms with van der Waals surface area (Å²) in [6.07, 6.45) is 0. The average Bonchev–Trinajstić information content (AvgIpc) is 2.71. The van der Waals surface area contributed by atoms with Crippen molar-refractivity contribution in [3.05, 3.63) is 34.2 Å². The zero-order valence-electron chi connectivity index (χ0n) is 11.6. The van der Waals surface area contributed by atoms with Gasteiger partial charge in [-0.15, -0.1) is 0 Å². The molecule has 0 aliphatic rings. The molecule has 6 nitrogen and oxygen atoms in total. The summed E-state index contributed by atoms with van der Waals surface area (Å²) in [5.74, 6) is -0.391. The fourth-order valence-corrected chi connectivity index (χ4v) is 2.12. The molecule has 1 N–H and O–H groups in total. The van der Waals surface area contributed by atoms with Gasteiger partial charge in [0.2, 0.25) is 0 Å². The molecule has 0 radical (unpaired) electrons. The van der Waals surface area contributed by atoms with Gasteiger partial charge >= 0.3 is 11.7 Å². The van der Waals surface area contributed by atoms with E-state index in [1.54, 1.807) is 18.2 Å². The Morgan fingerprint density at radius 2 is 2.20 bits per heavy atom. The zero-order valence-corrected chi connectivity index (χ0v) is 11.6. The molecule has 0 saturated carbocycles. The first-order valence-corrected chi connectivity index (χ1v) is 6.14. The minimum atomic E-state index is -0.685. The number of carbonyl (C=O) groups excluding carboxylic acids is 1. The SMILES string of the molecule is CC(=O)OCC(C)(C)n1c(=O)[nH]c2cc(C#N)ccc21. The lowest BCUT2D eigenvalue weighted by Gasteiger charge is -2.25. The second-order valence-electron chi connectivity index (χ2n) is 5.20. The van der Waals surface area contributed by atoms with E-state index in [4.69, 9.17) is 10.00 Å². The molecule has 6 heteroatoms. The second kappa shape index (κ2) is 4.85. The molecule has 0 fully saturated rings. The number of carbonyl (C=O) groups is 1. The second-order valence-corrected chi connectivity index (χ2v) is 5.20. The molecule has 1 heterocycles. The van der Waals surface area contributed by atoms with Crippen LogP contribution in [0, 0.1) is 11.3 Å². The van der Waals surface area contributed by atoms with Crippen molar-refractivity contribution >= 4 is 17.0 Å². The molecule has 0 aliphatic carbocycles. The smallest absolute Gasteiger partial charge is 0.327 e. The van der Waals surface area contributed by atoms with Crippen LogP contribution in [0.3, 0.4) is 0 Å². The van der Waals surface area contributed by atoms with Gasteiger partial charge in [0.15, 0.2) is 0 Å². The average molecular weight is 273 g/mol. The fraction of sp³-hybridized carbons (Fsp3) is 0.357. The van der Waals surface area contributed by atoms with Gasteiger partial charge in [-0.3, -0.25) is 9.36 Å². The standard InChI is InChI=1S/C14H15N3O3/c1-9(18)20-8-14(2,3)17-12-5-4-10(7-15)6-11(12)16-13(17)19/h4-6H,8H2,1-3H3,(H,16,19). The maximum Gasteiger partial charge on any atom is 0.327 e. The Kier molecular flexibility index (Phi) is 3.36. The third-order valence-corrected chi connectivity index (χ3v) is 3.05. The number of nitriles is 1. The lowest BCUT2D eigenvalue weighted by molar-refractivity contribution is -0.143. The molecular weight excluding hydrogens is 258 g/mol. The van der Waals surface area contributed by atoms with Crippen LogP contribution >= 0.6 is 0 Å². The lowest BCUT2D eigenvalue weighted by Crippen LogP contribution is -2.39. The number of nitrogens with zero attached hydrogens (tertiary/aromatic N) is 2. The van der Waals surface area contributed by atoms with Gasteiger partial charge in [-0.2, -0.15) is 5.26 Å². The van der Waals surface area contributed by atoms with Crippen LogP contribution in [0.15, 0.2) is 23.0 Å². The van der Waals surface area contributed by atoms with Crippen LogP contribution in [-0.2, 0) is 15.1 Å². The van der Waals surface area contributed by atoms with Crippen LogP contribution in [0.2, 0.25) is 0 Å². The Hall–Kier alpha value is -2.55. The molecule has 0 amide bonds. The number of aromatic nitrogens is 2. The first-order chi connectivity index (χ1) is 9.35. The predicted octanol–water partition coefficient (Wildman–Crippen LogP) is 1.50. The molecule has 0 saturated heterocycles. The fourth-order valence-electron chi connectivity index (χ4n) is 2.12. The molecular formula is C14H15N3O3. The Morgan fingerprint density at radius 1 is 1.50 bits per heavy atom. The Bertz CT molecular complexity index is 762. The summed E-state index contributed by atoms with van der Waals surface area (Å²) in [7, 11) is 0. The van der Waals surface area contributed by atoms with Crippen LogP contribution < -0.4 is 5.69 Å². The monoisotopic (exact) mass is 273 g/mol. The summed E-state index contributed by atoms with van der Waals surface area (Å²) >= 11 is 0. The summed E-state index contributed by atoms with van der Waals surface area (Å²) in [5.41, 5.74) is 0.752. The highest BCUT2D eigenvalue weighted by Crippen LogP contribution is 2.21. The van der Waals surface area contributed by atoms with Crippen molar-refractivity contribution in [3.8, 4) is 6.07 Å². The summed E-state index contributed by atoms with van der Waals surface area (Å²) in [6, 6.07) is 7.00. The minimum absolute atomic E-state index is 0.0925. The van der Waals surface area contributed by atoms with Crippen molar-refractivity contribution in [2.24, 2.45) is 0 Å². The maximum absolute atomic E-state index is 12.1. The molecule has 104 valence electrons. The number of fused-ring (bicyclic) bond motifs is 1. The van der Waals surface area contributed by atoms with E-state index in [1.165, 1.54) is 11.5 Å². The quantitative estimate of drug-likeness (QED) is 0.858. The zero-order chi connectivity index (χ0) is 14.9. The van der Waals surface area contributed by atoms with E-state index in [0.717, 1.165) is 0 Å². The van der Waals surface area contributed by atoms with Gasteiger partial charge < -0.3 is 9.72 Å². The normalized spacial score (nSPS) is 11.3. The van der Waals surface area contributed by atoms with Crippen LogP contribution in [0.5, 0.6) is 0 Å². The van der Waals surface area contributed by atoms with E-state index in [-0.39, 0.29) is 12.3 Å². The van der Waals surface area contributed by atoms with Crippen LogP contribution in [0.25, 0.3) is 11.0 Å². The number of H-pyrrole nitrogens is 1. The van der Waals surface area contributed by atoms with Gasteiger partial charge in [0.1, 0.15) is 6.61 Å². The topological polar surface area (TPSA) is 87.9 Å². The van der Waals surface area contributed by atoms with E-state index in [2.05, 4.69) is 4.98 Å². The highest BCUT2D eigenvalue weighted by Gasteiger charge is 2.26. The van der Waals surface area contributed by atoms with Gasteiger partial charge in [-0.25, -0.2) is 4.79 Å². The maximum atomic E-state index is 12.1. The van der Waals surface area contributed by atoms with Gasteiger partial charge in [0.25, 0.3) is 0 Å². The number of esters is 1. The first-order valence-electron chi connectivity index (χ1n) is 6.14. The number of benzene rings is 1. The molecule has 2 rings (SSSR count). The first kappa shape index (κ1) is 13.9. The van der Waals surface area contributed by atoms with Crippen molar-refractivity contribution in [2.45, 2.75) is 26.3 Å². The molecule has 0 atom stereocenters. The van der Waals surface area contributed by atoms with Crippen molar-refractivity contribution in [3.63, 3.8) is 0 Å². The molecule has 2 aromatic rings. The van der Waals surface area contributed by atoms with Crippen molar-refractivity contribution in [1.29, 1.82) is 5.26 Å². The summed E-state index contributed by atoms with van der Waals surface area (Å²) in [5, 5.41) is 8.87. The number of rotatable bonds is 3. The Balaban J connectivity index is 2.54. The largest absolute Gasteiger partial charge is 0.463 e. The highest BCUT2D eigenvalue weighted by atomic mass is 16.5. The summed E-state index contributed by atoms with van der Waals surface area (Å²) in [4.78, 5) is 25.8. The molecule has 20 heavy (non-hydrogen) atoms. The lowest BCUT2D eigenvalue weighted by atomic mass is 10.1. The number of hydrogen-bond acceptors (Lipinski definition) is 4. The number of aromatic amines is 1. The van der Waals surface area contributed by atoms with Crippen molar-refractivity contribution in [2.75, 3.05) is 6.61 Å². The van der Waals surface area contributed by atoms with Crippen LogP contribution in [-0.4, -0.2) is 22.1 Å². The third kappa shape index (κ3) is 2.43. The van der Waals surface area contributed by atoms with E-state index in [1.807, 2.05) is 19.9 Å². The number of hydrogen-bond donors (Lipinski definition) is 1. The van der Waals surface area contributed by atoms with Gasteiger partial charge in [0.05, 0.1) is 28.2 Å². The number of nitrogens with one attached hydrogen (secondary N) is 1. The molecule has 1 aromatic heterocycles. The molecule has 0 bridgehead atoms. The number of imidazole rings is 1. The molecule has 0 aliphatic heterocycles. The van der Waals surface area contributed by atoms with Crippen molar-refractivity contribution < 1.29 is 9.53 Å². The molecule has 0 unspecified atom stereocenters. The summed E-state index contributed by atoms with van der Waals surface area (Å²) in [6.45, 7) is 5.04. The van der Waals surface area contributed by atoms with Gasteiger partial charge in [-0.1, -0.05) is 0 Å². The van der Waals surface area contributed by atoms with E-state index >= 15 is 0 Å².